The van der Waals surface area contributed by atoms with Crippen LogP contribution in [0.15, 0.2) is 30.7 Å². The highest BCUT2D eigenvalue weighted by atomic mass is 16.1. The van der Waals surface area contributed by atoms with Gasteiger partial charge in [0.1, 0.15) is 11.6 Å². The number of carbonyl (C=O) groups excluding carboxylic acids is 1. The second-order valence-electron chi connectivity index (χ2n) is 5.65. The molecule has 21 heavy (non-hydrogen) atoms. The fourth-order valence-electron chi connectivity index (χ4n) is 2.91. The minimum Gasteiger partial charge on any atom is -0.325 e. The summed E-state index contributed by atoms with van der Waals surface area (Å²) in [5.41, 5.74) is 0.750. The zero-order chi connectivity index (χ0) is 14.7. The van der Waals surface area contributed by atoms with Crippen LogP contribution < -0.4 is 5.32 Å². The normalized spacial score (nSPS) is 15.3. The summed E-state index contributed by atoms with van der Waals surface area (Å²) in [6, 6.07) is 3.77. The number of carbonyl (C=O) groups is 1. The first-order valence-corrected chi connectivity index (χ1v) is 7.48. The summed E-state index contributed by atoms with van der Waals surface area (Å²) in [7, 11) is 0. The van der Waals surface area contributed by atoms with Crippen LogP contribution in [0.1, 0.15) is 37.9 Å². The number of aromatic nitrogens is 3. The molecule has 1 N–H and O–H groups in total. The molecule has 0 aromatic carbocycles. The summed E-state index contributed by atoms with van der Waals surface area (Å²) in [5.74, 6) is 2.35. The molecule has 5 heteroatoms. The van der Waals surface area contributed by atoms with Crippen LogP contribution in [0.3, 0.4) is 0 Å². The Labute approximate surface area is 124 Å². The van der Waals surface area contributed by atoms with Crippen molar-refractivity contribution in [3.8, 4) is 5.82 Å². The lowest BCUT2D eigenvalue weighted by molar-refractivity contribution is -0.117. The lowest BCUT2D eigenvalue weighted by Crippen LogP contribution is -2.15. The molecule has 0 atom stereocenters. The average Bonchev–Trinajstić information content (AvgIpc) is 3.11. The summed E-state index contributed by atoms with van der Waals surface area (Å²) >= 11 is 0. The first-order chi connectivity index (χ1) is 10.2. The van der Waals surface area contributed by atoms with Gasteiger partial charge in [0.25, 0.3) is 0 Å². The van der Waals surface area contributed by atoms with Crippen molar-refractivity contribution in [1.29, 1.82) is 0 Å². The Bertz CT molecular complexity index is 611. The van der Waals surface area contributed by atoms with E-state index in [4.69, 9.17) is 0 Å². The van der Waals surface area contributed by atoms with E-state index in [0.717, 1.165) is 17.3 Å². The maximum absolute atomic E-state index is 12.0. The van der Waals surface area contributed by atoms with E-state index in [0.29, 0.717) is 12.3 Å². The van der Waals surface area contributed by atoms with Gasteiger partial charge in [-0.15, -0.1) is 0 Å². The van der Waals surface area contributed by atoms with Gasteiger partial charge in [-0.3, -0.25) is 9.36 Å². The van der Waals surface area contributed by atoms with E-state index in [1.54, 1.807) is 12.4 Å². The molecule has 1 aliphatic carbocycles. The second kappa shape index (κ2) is 6.08. The van der Waals surface area contributed by atoms with Gasteiger partial charge in [-0.2, -0.15) is 0 Å². The first kappa shape index (κ1) is 13.8. The molecule has 2 aromatic rings. The van der Waals surface area contributed by atoms with E-state index < -0.39 is 0 Å². The fourth-order valence-corrected chi connectivity index (χ4v) is 2.91. The van der Waals surface area contributed by atoms with Crippen molar-refractivity contribution in [2.75, 3.05) is 5.32 Å². The largest absolute Gasteiger partial charge is 0.325 e. The molecule has 5 nitrogen and oxygen atoms in total. The van der Waals surface area contributed by atoms with E-state index >= 15 is 0 Å². The molecule has 3 rings (SSSR count). The number of pyridine rings is 1. The van der Waals surface area contributed by atoms with E-state index in [1.807, 2.05) is 29.8 Å². The predicted octanol–water partition coefficient (Wildman–Crippen LogP) is 3.09. The topological polar surface area (TPSA) is 59.8 Å². The average molecular weight is 284 g/mol. The van der Waals surface area contributed by atoms with Crippen LogP contribution in [0, 0.1) is 12.8 Å². The standard InChI is InChI=1S/C16H20N4O/c1-12-17-8-9-20(12)15-7-6-14(11-18-15)19-16(21)10-13-4-2-3-5-13/h6-9,11,13H,2-5,10H2,1H3,(H,19,21). The molecule has 1 aliphatic rings. The number of hydrogen-bond acceptors (Lipinski definition) is 3. The summed E-state index contributed by atoms with van der Waals surface area (Å²) in [5, 5.41) is 2.93. The number of anilines is 1. The molecule has 0 unspecified atom stereocenters. The van der Waals surface area contributed by atoms with Gasteiger partial charge in [0.05, 0.1) is 11.9 Å². The Morgan fingerprint density at radius 3 is 2.76 bits per heavy atom. The predicted molar refractivity (Wildman–Crippen MR) is 81.3 cm³/mol. The molecular formula is C16H20N4O. The van der Waals surface area contributed by atoms with E-state index in [1.165, 1.54) is 25.7 Å². The molecule has 1 saturated carbocycles. The number of nitrogens with one attached hydrogen (secondary N) is 1. The molecule has 0 bridgehead atoms. The van der Waals surface area contributed by atoms with Crippen LogP contribution in [0.25, 0.3) is 5.82 Å². The highest BCUT2D eigenvalue weighted by Crippen LogP contribution is 2.27. The fraction of sp³-hybridized carbons (Fsp3) is 0.438. The zero-order valence-electron chi connectivity index (χ0n) is 12.2. The molecule has 0 saturated heterocycles. The molecule has 0 radical (unpaired) electrons. The number of hydrogen-bond donors (Lipinski definition) is 1. The van der Waals surface area contributed by atoms with Crippen LogP contribution in [0.2, 0.25) is 0 Å². The number of nitrogens with zero attached hydrogens (tertiary/aromatic N) is 3. The van der Waals surface area contributed by atoms with Gasteiger partial charge in [0.2, 0.25) is 5.91 Å². The van der Waals surface area contributed by atoms with Gasteiger partial charge in [-0.1, -0.05) is 12.8 Å². The molecule has 2 heterocycles. The van der Waals surface area contributed by atoms with Crippen LogP contribution in [-0.2, 0) is 4.79 Å². The van der Waals surface area contributed by atoms with E-state index in [9.17, 15) is 4.79 Å². The minimum atomic E-state index is 0.0928. The summed E-state index contributed by atoms with van der Waals surface area (Å²) in [6.45, 7) is 1.93. The van der Waals surface area contributed by atoms with Crippen molar-refractivity contribution < 1.29 is 4.79 Å². The quantitative estimate of drug-likeness (QED) is 0.938. The van der Waals surface area contributed by atoms with Gasteiger partial charge in [-0.25, -0.2) is 9.97 Å². The number of amides is 1. The molecule has 110 valence electrons. The van der Waals surface area contributed by atoms with Crippen LogP contribution in [-0.4, -0.2) is 20.4 Å². The lowest BCUT2D eigenvalue weighted by Gasteiger charge is -2.10. The van der Waals surface area contributed by atoms with Crippen LogP contribution in [0.5, 0.6) is 0 Å². The van der Waals surface area contributed by atoms with Crippen molar-refractivity contribution >= 4 is 11.6 Å². The highest BCUT2D eigenvalue weighted by molar-refractivity contribution is 5.90. The maximum Gasteiger partial charge on any atom is 0.224 e. The SMILES string of the molecule is Cc1nccn1-c1ccc(NC(=O)CC2CCCC2)cn1. The molecular weight excluding hydrogens is 264 g/mol. The first-order valence-electron chi connectivity index (χ1n) is 7.48. The van der Waals surface area contributed by atoms with Crippen LogP contribution >= 0.6 is 0 Å². The number of rotatable bonds is 4. The third-order valence-electron chi connectivity index (χ3n) is 4.05. The zero-order valence-corrected chi connectivity index (χ0v) is 12.2. The van der Waals surface area contributed by atoms with Crippen molar-refractivity contribution in [3.63, 3.8) is 0 Å². The van der Waals surface area contributed by atoms with Gasteiger partial charge in [0.15, 0.2) is 0 Å². The Kier molecular flexibility index (Phi) is 3.99. The molecule has 2 aromatic heterocycles. The molecule has 1 amide bonds. The Balaban J connectivity index is 1.61. The van der Waals surface area contributed by atoms with Crippen molar-refractivity contribution in [2.24, 2.45) is 5.92 Å². The Morgan fingerprint density at radius 1 is 1.33 bits per heavy atom. The summed E-state index contributed by atoms with van der Waals surface area (Å²) in [6.07, 6.45) is 10.8. The van der Waals surface area contributed by atoms with E-state index in [2.05, 4.69) is 15.3 Å². The maximum atomic E-state index is 12.0. The number of aryl methyl sites for hydroxylation is 1. The van der Waals surface area contributed by atoms with Crippen molar-refractivity contribution in [3.05, 3.63) is 36.5 Å². The van der Waals surface area contributed by atoms with Gasteiger partial charge >= 0.3 is 0 Å². The lowest BCUT2D eigenvalue weighted by atomic mass is 10.0. The summed E-state index contributed by atoms with van der Waals surface area (Å²) in [4.78, 5) is 20.5. The van der Waals surface area contributed by atoms with E-state index in [-0.39, 0.29) is 5.91 Å². The highest BCUT2D eigenvalue weighted by Gasteiger charge is 2.18. The van der Waals surface area contributed by atoms with Gasteiger partial charge in [-0.05, 0) is 37.8 Å². The van der Waals surface area contributed by atoms with Crippen molar-refractivity contribution in [2.45, 2.75) is 39.0 Å². The Morgan fingerprint density at radius 2 is 2.14 bits per heavy atom. The molecule has 0 spiro atoms. The third-order valence-corrected chi connectivity index (χ3v) is 4.05. The molecule has 1 fully saturated rings. The Hall–Kier alpha value is -2.17. The summed E-state index contributed by atoms with van der Waals surface area (Å²) < 4.78 is 1.91. The second-order valence-corrected chi connectivity index (χ2v) is 5.65. The minimum absolute atomic E-state index is 0.0928. The van der Waals surface area contributed by atoms with Gasteiger partial charge < -0.3 is 5.32 Å². The third kappa shape index (κ3) is 3.29. The number of imidazole rings is 1. The van der Waals surface area contributed by atoms with Crippen LogP contribution in [0.4, 0.5) is 5.69 Å². The monoisotopic (exact) mass is 284 g/mol. The van der Waals surface area contributed by atoms with Crippen molar-refractivity contribution in [1.82, 2.24) is 14.5 Å². The van der Waals surface area contributed by atoms with Gasteiger partial charge in [0, 0.05) is 18.8 Å². The molecule has 0 aliphatic heterocycles. The smallest absolute Gasteiger partial charge is 0.224 e.